The van der Waals surface area contributed by atoms with Gasteiger partial charge >= 0.3 is 0 Å². The van der Waals surface area contributed by atoms with Crippen molar-refractivity contribution >= 4 is 0 Å². The average molecular weight is 247 g/mol. The summed E-state index contributed by atoms with van der Waals surface area (Å²) in [5.74, 6) is 1.31. The maximum Gasteiger partial charge on any atom is 0.163 e. The number of hydrogen-bond acceptors (Lipinski definition) is 4. The van der Waals surface area contributed by atoms with Crippen molar-refractivity contribution in [3.63, 3.8) is 0 Å². The first-order valence-electron chi connectivity index (χ1n) is 6.01. The van der Waals surface area contributed by atoms with E-state index in [1.165, 1.54) is 0 Å². The number of benzene rings is 1. The number of nitrogens with zero attached hydrogens (tertiary/aromatic N) is 3. The molecule has 1 aromatic carbocycles. The summed E-state index contributed by atoms with van der Waals surface area (Å²) in [4.78, 5) is 0. The molecule has 96 valence electrons. The lowest BCUT2D eigenvalue weighted by Crippen LogP contribution is -2.10. The van der Waals surface area contributed by atoms with Gasteiger partial charge in [0, 0.05) is 6.07 Å². The monoisotopic (exact) mass is 247 g/mol. The Morgan fingerprint density at radius 1 is 1.44 bits per heavy atom. The third-order valence-electron chi connectivity index (χ3n) is 2.77. The first-order valence-corrected chi connectivity index (χ1v) is 6.01. The molecule has 1 heterocycles. The van der Waals surface area contributed by atoms with Gasteiger partial charge in [0.05, 0.1) is 11.8 Å². The van der Waals surface area contributed by atoms with E-state index in [1.54, 1.807) is 10.9 Å². The molecule has 1 N–H and O–H groups in total. The van der Waals surface area contributed by atoms with Gasteiger partial charge in [-0.3, -0.25) is 4.57 Å². The van der Waals surface area contributed by atoms with Gasteiger partial charge in [-0.1, -0.05) is 13.0 Å². The van der Waals surface area contributed by atoms with E-state index in [0.717, 1.165) is 17.9 Å². The summed E-state index contributed by atoms with van der Waals surface area (Å²) < 4.78 is 7.50. The zero-order chi connectivity index (χ0) is 13.0. The number of aliphatic hydroxyl groups excluding tert-OH is 1. The van der Waals surface area contributed by atoms with Crippen LogP contribution in [0.25, 0.3) is 5.69 Å². The second-order valence-corrected chi connectivity index (χ2v) is 4.11. The fraction of sp³-hybridized carbons (Fsp3) is 0.385. The molecule has 0 fully saturated rings. The highest BCUT2D eigenvalue weighted by molar-refractivity contribution is 5.39. The summed E-state index contributed by atoms with van der Waals surface area (Å²) in [7, 11) is 0. The van der Waals surface area contributed by atoms with E-state index in [0.29, 0.717) is 5.82 Å². The van der Waals surface area contributed by atoms with Gasteiger partial charge in [-0.15, -0.1) is 10.2 Å². The molecule has 0 bridgehead atoms. The molecule has 0 spiro atoms. The largest absolute Gasteiger partial charge is 0.491 e. The zero-order valence-electron chi connectivity index (χ0n) is 10.6. The molecule has 0 aliphatic rings. The summed E-state index contributed by atoms with van der Waals surface area (Å²) in [6, 6.07) is 7.66. The van der Waals surface area contributed by atoms with Crippen molar-refractivity contribution in [3.05, 3.63) is 36.4 Å². The SMILES string of the molecule is CCC(C)Oc1cccc(-n2cnnc2CO)c1. The fourth-order valence-electron chi connectivity index (χ4n) is 1.60. The van der Waals surface area contributed by atoms with E-state index in [1.807, 2.05) is 31.2 Å². The molecule has 1 atom stereocenters. The van der Waals surface area contributed by atoms with Gasteiger partial charge < -0.3 is 9.84 Å². The van der Waals surface area contributed by atoms with Gasteiger partial charge in [-0.2, -0.15) is 0 Å². The summed E-state index contributed by atoms with van der Waals surface area (Å²) in [6.07, 6.45) is 2.71. The minimum absolute atomic E-state index is 0.142. The molecule has 1 unspecified atom stereocenters. The summed E-state index contributed by atoms with van der Waals surface area (Å²) >= 11 is 0. The van der Waals surface area contributed by atoms with Crippen LogP contribution in [-0.2, 0) is 6.61 Å². The van der Waals surface area contributed by atoms with Crippen LogP contribution in [0.5, 0.6) is 5.75 Å². The fourth-order valence-corrected chi connectivity index (χ4v) is 1.60. The maximum absolute atomic E-state index is 9.17. The summed E-state index contributed by atoms with van der Waals surface area (Å²) in [6.45, 7) is 3.97. The van der Waals surface area contributed by atoms with Gasteiger partial charge in [0.2, 0.25) is 0 Å². The quantitative estimate of drug-likeness (QED) is 0.877. The Morgan fingerprint density at radius 2 is 2.28 bits per heavy atom. The predicted molar refractivity (Wildman–Crippen MR) is 67.7 cm³/mol. The Morgan fingerprint density at radius 3 is 3.00 bits per heavy atom. The molecule has 5 heteroatoms. The second kappa shape index (κ2) is 5.64. The van der Waals surface area contributed by atoms with Crippen LogP contribution in [0.15, 0.2) is 30.6 Å². The molecule has 18 heavy (non-hydrogen) atoms. The normalized spacial score (nSPS) is 12.4. The lowest BCUT2D eigenvalue weighted by molar-refractivity contribution is 0.217. The number of aromatic nitrogens is 3. The van der Waals surface area contributed by atoms with Crippen LogP contribution >= 0.6 is 0 Å². The van der Waals surface area contributed by atoms with E-state index < -0.39 is 0 Å². The van der Waals surface area contributed by atoms with Crippen molar-refractivity contribution in [2.24, 2.45) is 0 Å². The molecule has 0 radical (unpaired) electrons. The number of ether oxygens (including phenoxy) is 1. The van der Waals surface area contributed by atoms with Crippen molar-refractivity contribution in [1.82, 2.24) is 14.8 Å². The van der Waals surface area contributed by atoms with Crippen molar-refractivity contribution in [1.29, 1.82) is 0 Å². The third kappa shape index (κ3) is 2.68. The number of rotatable bonds is 5. The van der Waals surface area contributed by atoms with Gasteiger partial charge in [-0.05, 0) is 25.5 Å². The van der Waals surface area contributed by atoms with Crippen molar-refractivity contribution in [2.45, 2.75) is 33.0 Å². The topological polar surface area (TPSA) is 60.2 Å². The summed E-state index contributed by atoms with van der Waals surface area (Å²) in [5, 5.41) is 16.8. The van der Waals surface area contributed by atoms with E-state index >= 15 is 0 Å². The van der Waals surface area contributed by atoms with Crippen LogP contribution in [-0.4, -0.2) is 26.0 Å². The molecule has 0 aliphatic carbocycles. The van der Waals surface area contributed by atoms with Crippen LogP contribution < -0.4 is 4.74 Å². The van der Waals surface area contributed by atoms with E-state index in [2.05, 4.69) is 17.1 Å². The molecular formula is C13H17N3O2. The van der Waals surface area contributed by atoms with E-state index in [-0.39, 0.29) is 12.7 Å². The van der Waals surface area contributed by atoms with Crippen LogP contribution in [0.3, 0.4) is 0 Å². The minimum Gasteiger partial charge on any atom is -0.491 e. The van der Waals surface area contributed by atoms with Gasteiger partial charge in [0.1, 0.15) is 18.7 Å². The van der Waals surface area contributed by atoms with Gasteiger partial charge in [-0.25, -0.2) is 0 Å². The molecule has 0 saturated heterocycles. The molecule has 5 nitrogen and oxygen atoms in total. The molecule has 2 aromatic rings. The number of aliphatic hydroxyl groups is 1. The van der Waals surface area contributed by atoms with E-state index in [4.69, 9.17) is 9.84 Å². The van der Waals surface area contributed by atoms with Crippen molar-refractivity contribution < 1.29 is 9.84 Å². The lowest BCUT2D eigenvalue weighted by Gasteiger charge is -2.13. The Hall–Kier alpha value is -1.88. The Labute approximate surface area is 106 Å². The van der Waals surface area contributed by atoms with Crippen LogP contribution in [0, 0.1) is 0 Å². The van der Waals surface area contributed by atoms with Gasteiger partial charge in [0.25, 0.3) is 0 Å². The molecule has 0 aliphatic heterocycles. The first-order chi connectivity index (χ1) is 8.74. The lowest BCUT2D eigenvalue weighted by atomic mass is 10.2. The van der Waals surface area contributed by atoms with Crippen molar-refractivity contribution in [3.8, 4) is 11.4 Å². The highest BCUT2D eigenvalue weighted by atomic mass is 16.5. The predicted octanol–water partition coefficient (Wildman–Crippen LogP) is 1.94. The van der Waals surface area contributed by atoms with Crippen LogP contribution in [0.1, 0.15) is 26.1 Å². The zero-order valence-corrected chi connectivity index (χ0v) is 10.6. The standard InChI is InChI=1S/C13H17N3O2/c1-3-10(2)18-12-6-4-5-11(7-12)16-9-14-15-13(16)8-17/h4-7,9-10,17H,3,8H2,1-2H3. The maximum atomic E-state index is 9.17. The highest BCUT2D eigenvalue weighted by Gasteiger charge is 2.07. The van der Waals surface area contributed by atoms with Crippen molar-refractivity contribution in [2.75, 3.05) is 0 Å². The Bertz CT molecular complexity index is 510. The second-order valence-electron chi connectivity index (χ2n) is 4.11. The number of hydrogen-bond donors (Lipinski definition) is 1. The average Bonchev–Trinajstić information content (AvgIpc) is 2.87. The Kier molecular flexibility index (Phi) is 3.94. The van der Waals surface area contributed by atoms with E-state index in [9.17, 15) is 0 Å². The van der Waals surface area contributed by atoms with Crippen LogP contribution in [0.2, 0.25) is 0 Å². The Balaban J connectivity index is 2.27. The molecule has 0 saturated carbocycles. The molecule has 1 aromatic heterocycles. The first kappa shape index (κ1) is 12.6. The molecule has 0 amide bonds. The smallest absolute Gasteiger partial charge is 0.163 e. The third-order valence-corrected chi connectivity index (χ3v) is 2.77. The molecular weight excluding hydrogens is 230 g/mol. The van der Waals surface area contributed by atoms with Crippen LogP contribution in [0.4, 0.5) is 0 Å². The summed E-state index contributed by atoms with van der Waals surface area (Å²) in [5.41, 5.74) is 0.879. The van der Waals surface area contributed by atoms with Gasteiger partial charge in [0.15, 0.2) is 5.82 Å². The highest BCUT2D eigenvalue weighted by Crippen LogP contribution is 2.19. The molecule has 2 rings (SSSR count). The minimum atomic E-state index is -0.142.